The second-order valence-corrected chi connectivity index (χ2v) is 8.26. The van der Waals surface area contributed by atoms with Gasteiger partial charge in [0.2, 0.25) is 5.91 Å². The molecule has 8 nitrogen and oxygen atoms in total. The lowest BCUT2D eigenvalue weighted by Crippen LogP contribution is -2.38. The summed E-state index contributed by atoms with van der Waals surface area (Å²) in [6.45, 7) is 6.30. The van der Waals surface area contributed by atoms with Gasteiger partial charge < -0.3 is 15.0 Å². The zero-order valence-electron chi connectivity index (χ0n) is 17.7. The van der Waals surface area contributed by atoms with Gasteiger partial charge in [-0.15, -0.1) is 0 Å². The van der Waals surface area contributed by atoms with E-state index in [1.54, 1.807) is 0 Å². The van der Waals surface area contributed by atoms with E-state index < -0.39 is 0 Å². The maximum atomic E-state index is 12.8. The number of ether oxygens (including phenoxy) is 1. The highest BCUT2D eigenvalue weighted by Gasteiger charge is 2.32. The van der Waals surface area contributed by atoms with Crippen molar-refractivity contribution in [3.05, 3.63) is 17.0 Å². The normalized spacial score (nSPS) is 16.9. The van der Waals surface area contributed by atoms with E-state index in [1.165, 1.54) is 20.0 Å². The molecule has 0 saturated heterocycles. The first-order valence-electron chi connectivity index (χ1n) is 10.6. The van der Waals surface area contributed by atoms with Gasteiger partial charge in [0.1, 0.15) is 0 Å². The summed E-state index contributed by atoms with van der Waals surface area (Å²) in [5, 5.41) is 7.37. The van der Waals surface area contributed by atoms with Crippen molar-refractivity contribution < 1.29 is 19.1 Å². The van der Waals surface area contributed by atoms with Crippen LogP contribution in [0.1, 0.15) is 67.7 Å². The Bertz CT molecular complexity index is 769. The molecule has 0 spiro atoms. The highest BCUT2D eigenvalue weighted by Crippen LogP contribution is 2.32. The number of carbonyl (C=O) groups excluding carboxylic acids is 3. The minimum atomic E-state index is -0.367. The average Bonchev–Trinajstić information content (AvgIpc) is 3.47. The highest BCUT2D eigenvalue weighted by atomic mass is 16.5. The van der Waals surface area contributed by atoms with Crippen molar-refractivity contribution in [2.24, 2.45) is 11.8 Å². The number of rotatable bonds is 9. The molecule has 29 heavy (non-hydrogen) atoms. The Morgan fingerprint density at radius 3 is 2.72 bits per heavy atom. The Morgan fingerprint density at radius 1 is 1.31 bits per heavy atom. The van der Waals surface area contributed by atoms with Crippen molar-refractivity contribution in [3.8, 4) is 0 Å². The zero-order chi connectivity index (χ0) is 21.0. The van der Waals surface area contributed by atoms with E-state index in [0.717, 1.165) is 30.6 Å². The second-order valence-electron chi connectivity index (χ2n) is 8.26. The molecule has 1 fully saturated rings. The molecule has 2 amide bonds. The lowest BCUT2D eigenvalue weighted by Gasteiger charge is -2.29. The Hall–Kier alpha value is -2.38. The molecule has 2 aliphatic rings. The van der Waals surface area contributed by atoms with Crippen molar-refractivity contribution >= 4 is 17.8 Å². The number of fused-ring (bicyclic) bond motifs is 1. The van der Waals surface area contributed by atoms with Gasteiger partial charge in [-0.1, -0.05) is 20.3 Å². The first kappa shape index (κ1) is 21.3. The number of nitrogens with one attached hydrogen (secondary N) is 1. The summed E-state index contributed by atoms with van der Waals surface area (Å²) >= 11 is 0. The van der Waals surface area contributed by atoms with Crippen LogP contribution in [0, 0.1) is 11.8 Å². The summed E-state index contributed by atoms with van der Waals surface area (Å²) in [6, 6.07) is 0. The quantitative estimate of drug-likeness (QED) is 0.635. The second kappa shape index (κ2) is 9.41. The van der Waals surface area contributed by atoms with E-state index in [2.05, 4.69) is 29.0 Å². The molecular weight excluding hydrogens is 372 g/mol. The number of hydrogen-bond acceptors (Lipinski definition) is 5. The van der Waals surface area contributed by atoms with E-state index in [-0.39, 0.29) is 30.7 Å². The van der Waals surface area contributed by atoms with Gasteiger partial charge in [0.15, 0.2) is 5.69 Å². The molecule has 2 heterocycles. The van der Waals surface area contributed by atoms with Gasteiger partial charge in [0.25, 0.3) is 5.91 Å². The van der Waals surface area contributed by atoms with Gasteiger partial charge >= 0.3 is 5.97 Å². The molecule has 1 aliphatic heterocycles. The van der Waals surface area contributed by atoms with Crippen LogP contribution >= 0.6 is 0 Å². The molecule has 0 bridgehead atoms. The fourth-order valence-corrected chi connectivity index (χ4v) is 3.62. The van der Waals surface area contributed by atoms with Crippen LogP contribution in [-0.4, -0.2) is 52.7 Å². The molecule has 8 heteroatoms. The smallest absolute Gasteiger partial charge is 0.307 e. The minimum absolute atomic E-state index is 0.118. The van der Waals surface area contributed by atoms with E-state index >= 15 is 0 Å². The molecule has 1 saturated carbocycles. The number of hydrogen-bond donors (Lipinski definition) is 1. The van der Waals surface area contributed by atoms with Crippen molar-refractivity contribution in [1.29, 1.82) is 0 Å². The van der Waals surface area contributed by atoms with Crippen LogP contribution in [0.5, 0.6) is 0 Å². The summed E-state index contributed by atoms with van der Waals surface area (Å²) < 4.78 is 6.58. The van der Waals surface area contributed by atoms with E-state index in [4.69, 9.17) is 0 Å². The molecule has 1 aromatic rings. The third-order valence-electron chi connectivity index (χ3n) is 5.89. The Kier molecular flexibility index (Phi) is 6.92. The third-order valence-corrected chi connectivity index (χ3v) is 5.89. The average molecular weight is 405 g/mol. The standard InChI is InChI=1S/C21H32N4O4/c1-4-14(2)11-18(26)24-10-8-17-16(13-24)20(23-25(17)12-15-5-6-15)21(28)22-9-7-19(27)29-3/h14-15H,4-13H2,1-3H3,(H,22,28). The van der Waals surface area contributed by atoms with Crippen molar-refractivity contribution in [3.63, 3.8) is 0 Å². The molecule has 0 aromatic carbocycles. The first-order chi connectivity index (χ1) is 13.9. The minimum Gasteiger partial charge on any atom is -0.469 e. The number of nitrogens with zero attached hydrogens (tertiary/aromatic N) is 3. The van der Waals surface area contributed by atoms with Crippen LogP contribution in [0.3, 0.4) is 0 Å². The van der Waals surface area contributed by atoms with Crippen LogP contribution in [0.4, 0.5) is 0 Å². The van der Waals surface area contributed by atoms with E-state index in [9.17, 15) is 14.4 Å². The van der Waals surface area contributed by atoms with Gasteiger partial charge in [-0.3, -0.25) is 19.1 Å². The largest absolute Gasteiger partial charge is 0.469 e. The van der Waals surface area contributed by atoms with Gasteiger partial charge in [-0.2, -0.15) is 5.10 Å². The summed E-state index contributed by atoms with van der Waals surface area (Å²) in [7, 11) is 1.32. The van der Waals surface area contributed by atoms with Gasteiger partial charge in [0.05, 0.1) is 13.5 Å². The van der Waals surface area contributed by atoms with Crippen LogP contribution in [-0.2, 0) is 33.8 Å². The van der Waals surface area contributed by atoms with Gasteiger partial charge in [0, 0.05) is 50.3 Å². The van der Waals surface area contributed by atoms with Crippen LogP contribution in [0.15, 0.2) is 0 Å². The van der Waals surface area contributed by atoms with Gasteiger partial charge in [-0.25, -0.2) is 0 Å². The van der Waals surface area contributed by atoms with E-state index in [1.807, 2.05) is 9.58 Å². The number of aromatic nitrogens is 2. The Labute approximate surface area is 172 Å². The number of amides is 2. The summed E-state index contributed by atoms with van der Waals surface area (Å²) in [4.78, 5) is 38.6. The van der Waals surface area contributed by atoms with Crippen LogP contribution in [0.25, 0.3) is 0 Å². The molecule has 0 radical (unpaired) electrons. The first-order valence-corrected chi connectivity index (χ1v) is 10.6. The fourth-order valence-electron chi connectivity index (χ4n) is 3.62. The molecule has 1 aromatic heterocycles. The molecule has 1 N–H and O–H groups in total. The number of esters is 1. The summed E-state index contributed by atoms with van der Waals surface area (Å²) in [6.07, 6.45) is 4.74. The monoisotopic (exact) mass is 404 g/mol. The lowest BCUT2D eigenvalue weighted by atomic mass is 10.0. The topological polar surface area (TPSA) is 93.5 Å². The van der Waals surface area contributed by atoms with Crippen molar-refractivity contribution in [2.45, 2.75) is 65.5 Å². The number of carbonyl (C=O) groups is 3. The lowest BCUT2D eigenvalue weighted by molar-refractivity contribution is -0.140. The summed E-state index contributed by atoms with van der Waals surface area (Å²) in [5.41, 5.74) is 2.30. The van der Waals surface area contributed by atoms with Crippen molar-refractivity contribution in [2.75, 3.05) is 20.2 Å². The third kappa shape index (κ3) is 5.36. The molecule has 160 valence electrons. The predicted molar refractivity (Wildman–Crippen MR) is 107 cm³/mol. The zero-order valence-corrected chi connectivity index (χ0v) is 17.7. The van der Waals surface area contributed by atoms with Crippen LogP contribution in [0.2, 0.25) is 0 Å². The molecule has 3 rings (SSSR count). The molecule has 1 unspecified atom stereocenters. The SMILES string of the molecule is CCC(C)CC(=O)N1CCc2c(c(C(=O)NCCC(=O)OC)nn2CC2CC2)C1. The maximum Gasteiger partial charge on any atom is 0.307 e. The Balaban J connectivity index is 1.74. The predicted octanol–water partition coefficient (Wildman–Crippen LogP) is 1.91. The summed E-state index contributed by atoms with van der Waals surface area (Å²) in [5.74, 6) is 0.461. The Morgan fingerprint density at radius 2 is 2.07 bits per heavy atom. The van der Waals surface area contributed by atoms with Crippen LogP contribution < -0.4 is 5.32 Å². The van der Waals surface area contributed by atoms with Crippen molar-refractivity contribution in [1.82, 2.24) is 20.0 Å². The highest BCUT2D eigenvalue weighted by molar-refractivity contribution is 5.94. The molecule has 1 atom stereocenters. The molecular formula is C21H32N4O4. The van der Waals surface area contributed by atoms with Gasteiger partial charge in [-0.05, 0) is 24.7 Å². The maximum absolute atomic E-state index is 12.8. The van der Waals surface area contributed by atoms with E-state index in [0.29, 0.717) is 37.0 Å². The number of methoxy groups -OCH3 is 1. The fraction of sp³-hybridized carbons (Fsp3) is 0.714. The molecule has 1 aliphatic carbocycles.